The molecule has 1 aliphatic rings. The molecule has 0 bridgehead atoms. The molecule has 6 nitrogen and oxygen atoms in total. The van der Waals surface area contributed by atoms with Gasteiger partial charge in [0, 0.05) is 25.5 Å². The standard InChI is InChI=1S/C13H15N5O/c1-9-4-11-13(15-6-9)14-2-3-18(11)12(19)5-10-7-16-17-8-10/h4,6-8H,2-3,5H2,1H3,(H,14,15)(H,16,17). The average Bonchev–Trinajstić information content (AvgIpc) is 2.90. The van der Waals surface area contributed by atoms with E-state index in [0.29, 0.717) is 13.0 Å². The van der Waals surface area contributed by atoms with Crippen LogP contribution >= 0.6 is 0 Å². The van der Waals surface area contributed by atoms with E-state index in [1.54, 1.807) is 23.5 Å². The van der Waals surface area contributed by atoms with Crippen LogP contribution in [0.25, 0.3) is 0 Å². The topological polar surface area (TPSA) is 73.9 Å². The second-order valence-electron chi connectivity index (χ2n) is 4.64. The van der Waals surface area contributed by atoms with Crippen LogP contribution < -0.4 is 10.2 Å². The predicted molar refractivity (Wildman–Crippen MR) is 72.1 cm³/mol. The van der Waals surface area contributed by atoms with E-state index >= 15 is 0 Å². The minimum atomic E-state index is 0.0663. The molecular weight excluding hydrogens is 242 g/mol. The first-order chi connectivity index (χ1) is 9.24. The largest absolute Gasteiger partial charge is 0.367 e. The Morgan fingerprint density at radius 2 is 2.37 bits per heavy atom. The molecule has 0 radical (unpaired) electrons. The van der Waals surface area contributed by atoms with E-state index in [9.17, 15) is 4.79 Å². The molecule has 0 fully saturated rings. The van der Waals surface area contributed by atoms with Crippen molar-refractivity contribution < 1.29 is 4.79 Å². The Bertz CT molecular complexity index is 593. The van der Waals surface area contributed by atoms with E-state index in [1.807, 2.05) is 13.0 Å². The molecule has 0 aliphatic carbocycles. The Kier molecular flexibility index (Phi) is 2.91. The minimum absolute atomic E-state index is 0.0663. The quantitative estimate of drug-likeness (QED) is 0.845. The highest BCUT2D eigenvalue weighted by Crippen LogP contribution is 2.28. The van der Waals surface area contributed by atoms with Gasteiger partial charge in [0.15, 0.2) is 0 Å². The van der Waals surface area contributed by atoms with Gasteiger partial charge in [0.1, 0.15) is 5.82 Å². The Morgan fingerprint density at radius 1 is 1.47 bits per heavy atom. The summed E-state index contributed by atoms with van der Waals surface area (Å²) in [7, 11) is 0. The van der Waals surface area contributed by atoms with Crippen LogP contribution in [-0.2, 0) is 11.2 Å². The number of fused-ring (bicyclic) bond motifs is 1. The number of hydrogen-bond donors (Lipinski definition) is 2. The number of H-pyrrole nitrogens is 1. The molecule has 0 atom stereocenters. The predicted octanol–water partition coefficient (Wildman–Crippen LogP) is 1.11. The van der Waals surface area contributed by atoms with Crippen molar-refractivity contribution in [2.24, 2.45) is 0 Å². The fourth-order valence-electron chi connectivity index (χ4n) is 2.21. The number of rotatable bonds is 2. The van der Waals surface area contributed by atoms with Gasteiger partial charge in [0.25, 0.3) is 0 Å². The lowest BCUT2D eigenvalue weighted by atomic mass is 10.1. The zero-order valence-electron chi connectivity index (χ0n) is 10.7. The first-order valence-corrected chi connectivity index (χ1v) is 6.22. The molecule has 6 heteroatoms. The summed E-state index contributed by atoms with van der Waals surface area (Å²) in [6.07, 6.45) is 5.57. The zero-order valence-corrected chi connectivity index (χ0v) is 10.7. The van der Waals surface area contributed by atoms with Gasteiger partial charge in [-0.3, -0.25) is 9.89 Å². The van der Waals surface area contributed by atoms with E-state index in [2.05, 4.69) is 20.5 Å². The maximum absolute atomic E-state index is 12.4. The number of nitrogens with zero attached hydrogens (tertiary/aromatic N) is 3. The molecule has 2 N–H and O–H groups in total. The summed E-state index contributed by atoms with van der Waals surface area (Å²) in [5.41, 5.74) is 2.80. The Balaban J connectivity index is 1.86. The zero-order chi connectivity index (χ0) is 13.2. The summed E-state index contributed by atoms with van der Waals surface area (Å²) in [5, 5.41) is 9.79. The molecule has 98 valence electrons. The van der Waals surface area contributed by atoms with Gasteiger partial charge in [-0.1, -0.05) is 0 Å². The van der Waals surface area contributed by atoms with Crippen LogP contribution in [0, 0.1) is 6.92 Å². The molecule has 1 aliphatic heterocycles. The van der Waals surface area contributed by atoms with Crippen molar-refractivity contribution >= 4 is 17.4 Å². The smallest absolute Gasteiger partial charge is 0.231 e. The van der Waals surface area contributed by atoms with E-state index in [4.69, 9.17) is 0 Å². The number of carbonyl (C=O) groups excluding carboxylic acids is 1. The summed E-state index contributed by atoms with van der Waals surface area (Å²) >= 11 is 0. The number of anilines is 2. The lowest BCUT2D eigenvalue weighted by Gasteiger charge is -2.29. The van der Waals surface area contributed by atoms with E-state index < -0.39 is 0 Å². The molecule has 0 spiro atoms. The summed E-state index contributed by atoms with van der Waals surface area (Å²) in [4.78, 5) is 18.5. The van der Waals surface area contributed by atoms with Crippen molar-refractivity contribution in [2.45, 2.75) is 13.3 Å². The molecule has 0 saturated heterocycles. The van der Waals surface area contributed by atoms with Crippen molar-refractivity contribution in [3.63, 3.8) is 0 Å². The van der Waals surface area contributed by atoms with Gasteiger partial charge in [-0.15, -0.1) is 0 Å². The second-order valence-corrected chi connectivity index (χ2v) is 4.64. The molecule has 3 rings (SSSR count). The molecule has 2 aromatic rings. The third-order valence-corrected chi connectivity index (χ3v) is 3.13. The number of nitrogens with one attached hydrogen (secondary N) is 2. The first-order valence-electron chi connectivity index (χ1n) is 6.22. The minimum Gasteiger partial charge on any atom is -0.367 e. The van der Waals surface area contributed by atoms with Crippen molar-refractivity contribution in [3.05, 3.63) is 35.8 Å². The number of aromatic amines is 1. The molecule has 0 saturated carbocycles. The van der Waals surface area contributed by atoms with Crippen LogP contribution in [0.4, 0.5) is 11.5 Å². The first kappa shape index (κ1) is 11.7. The Morgan fingerprint density at radius 3 is 3.16 bits per heavy atom. The van der Waals surface area contributed by atoms with Gasteiger partial charge in [-0.2, -0.15) is 5.10 Å². The maximum atomic E-state index is 12.4. The fourth-order valence-corrected chi connectivity index (χ4v) is 2.21. The summed E-state index contributed by atoms with van der Waals surface area (Å²) in [6, 6.07) is 1.99. The SMILES string of the molecule is Cc1cnc2c(c1)N(C(=O)Cc1cn[nH]c1)CCN2. The van der Waals surface area contributed by atoms with Crippen molar-refractivity contribution in [1.82, 2.24) is 15.2 Å². The summed E-state index contributed by atoms with van der Waals surface area (Å²) in [6.45, 7) is 3.36. The third-order valence-electron chi connectivity index (χ3n) is 3.13. The molecular formula is C13H15N5O. The normalized spacial score (nSPS) is 13.8. The third kappa shape index (κ3) is 2.29. The number of pyridine rings is 1. The molecule has 0 unspecified atom stereocenters. The highest BCUT2D eigenvalue weighted by Gasteiger charge is 2.23. The maximum Gasteiger partial charge on any atom is 0.231 e. The monoisotopic (exact) mass is 257 g/mol. The Hall–Kier alpha value is -2.37. The van der Waals surface area contributed by atoms with Gasteiger partial charge < -0.3 is 10.2 Å². The van der Waals surface area contributed by atoms with Crippen LogP contribution in [0.5, 0.6) is 0 Å². The van der Waals surface area contributed by atoms with Gasteiger partial charge in [-0.05, 0) is 24.1 Å². The molecule has 19 heavy (non-hydrogen) atoms. The van der Waals surface area contributed by atoms with Gasteiger partial charge in [-0.25, -0.2) is 4.98 Å². The van der Waals surface area contributed by atoms with Crippen LogP contribution in [0.15, 0.2) is 24.7 Å². The highest BCUT2D eigenvalue weighted by molar-refractivity contribution is 5.98. The number of aryl methyl sites for hydroxylation is 1. The van der Waals surface area contributed by atoms with Crippen molar-refractivity contribution in [1.29, 1.82) is 0 Å². The van der Waals surface area contributed by atoms with E-state index in [0.717, 1.165) is 29.2 Å². The Labute approximate surface area is 110 Å². The average molecular weight is 257 g/mol. The second kappa shape index (κ2) is 4.72. The van der Waals surface area contributed by atoms with E-state index in [1.165, 1.54) is 0 Å². The lowest BCUT2D eigenvalue weighted by molar-refractivity contribution is -0.118. The van der Waals surface area contributed by atoms with Gasteiger partial charge >= 0.3 is 0 Å². The lowest BCUT2D eigenvalue weighted by Crippen LogP contribution is -2.40. The molecule has 1 amide bonds. The van der Waals surface area contributed by atoms with Crippen LogP contribution in [0.2, 0.25) is 0 Å². The molecule has 3 heterocycles. The van der Waals surface area contributed by atoms with Crippen LogP contribution in [-0.4, -0.2) is 34.2 Å². The number of amides is 1. The van der Waals surface area contributed by atoms with Gasteiger partial charge in [0.05, 0.1) is 18.3 Å². The van der Waals surface area contributed by atoms with Crippen molar-refractivity contribution in [2.75, 3.05) is 23.3 Å². The highest BCUT2D eigenvalue weighted by atomic mass is 16.2. The van der Waals surface area contributed by atoms with Crippen LogP contribution in [0.1, 0.15) is 11.1 Å². The molecule has 2 aromatic heterocycles. The van der Waals surface area contributed by atoms with Crippen molar-refractivity contribution in [3.8, 4) is 0 Å². The van der Waals surface area contributed by atoms with Crippen LogP contribution in [0.3, 0.4) is 0 Å². The summed E-state index contributed by atoms with van der Waals surface area (Å²) < 4.78 is 0. The van der Waals surface area contributed by atoms with E-state index in [-0.39, 0.29) is 5.91 Å². The fraction of sp³-hybridized carbons (Fsp3) is 0.308. The number of aromatic nitrogens is 3. The summed E-state index contributed by atoms with van der Waals surface area (Å²) in [5.74, 6) is 0.842. The van der Waals surface area contributed by atoms with Gasteiger partial charge in [0.2, 0.25) is 5.91 Å². The number of hydrogen-bond acceptors (Lipinski definition) is 4. The molecule has 0 aromatic carbocycles. The number of carbonyl (C=O) groups is 1.